The van der Waals surface area contributed by atoms with Gasteiger partial charge in [0.05, 0.1) is 12.1 Å². The van der Waals surface area contributed by atoms with Crippen molar-refractivity contribution in [3.05, 3.63) is 48.6 Å². The standard InChI is InChI=1S/C21H32N2O/c1-8-17-18(15-14-16-12-10-9-11-13-16)23(21(5,6)7)19(24)22(17)20(2,3)4/h8-13,17-18H,1,14-15H2,2-7H3/t17-,18-/m1/s1. The Balaban J connectivity index is 2.33. The first-order valence-electron chi connectivity index (χ1n) is 8.86. The molecule has 1 fully saturated rings. The second kappa shape index (κ2) is 6.62. The first kappa shape index (κ1) is 18.6. The summed E-state index contributed by atoms with van der Waals surface area (Å²) in [4.78, 5) is 17.3. The zero-order valence-electron chi connectivity index (χ0n) is 16.0. The largest absolute Gasteiger partial charge is 0.321 e. The predicted molar refractivity (Wildman–Crippen MR) is 101 cm³/mol. The number of nitrogens with zero attached hydrogens (tertiary/aromatic N) is 2. The average molecular weight is 329 g/mol. The van der Waals surface area contributed by atoms with Crippen molar-refractivity contribution >= 4 is 6.03 Å². The number of benzene rings is 1. The van der Waals surface area contributed by atoms with E-state index in [0.29, 0.717) is 0 Å². The maximum absolute atomic E-state index is 13.2. The van der Waals surface area contributed by atoms with Gasteiger partial charge in [0.2, 0.25) is 0 Å². The third-order valence-corrected chi connectivity index (χ3v) is 4.69. The van der Waals surface area contributed by atoms with Crippen molar-refractivity contribution in [1.82, 2.24) is 9.80 Å². The lowest BCUT2D eigenvalue weighted by Gasteiger charge is -2.37. The summed E-state index contributed by atoms with van der Waals surface area (Å²) in [5.74, 6) is 0. The Morgan fingerprint density at radius 2 is 1.54 bits per heavy atom. The molecule has 2 amide bonds. The number of hydrogen-bond donors (Lipinski definition) is 0. The van der Waals surface area contributed by atoms with Crippen LogP contribution in [-0.4, -0.2) is 39.0 Å². The lowest BCUT2D eigenvalue weighted by atomic mass is 9.94. The summed E-state index contributed by atoms with van der Waals surface area (Å²) in [6.07, 6.45) is 3.86. The van der Waals surface area contributed by atoms with Crippen LogP contribution in [0.4, 0.5) is 4.79 Å². The number of urea groups is 1. The van der Waals surface area contributed by atoms with Gasteiger partial charge < -0.3 is 9.80 Å². The molecule has 0 saturated carbocycles. The van der Waals surface area contributed by atoms with Crippen molar-refractivity contribution in [2.75, 3.05) is 0 Å². The summed E-state index contributed by atoms with van der Waals surface area (Å²) in [6, 6.07) is 10.8. The van der Waals surface area contributed by atoms with Crippen LogP contribution in [0.5, 0.6) is 0 Å². The van der Waals surface area contributed by atoms with Gasteiger partial charge in [-0.2, -0.15) is 0 Å². The summed E-state index contributed by atoms with van der Waals surface area (Å²) < 4.78 is 0. The Labute approximate surface area is 147 Å². The van der Waals surface area contributed by atoms with Gasteiger partial charge in [-0.3, -0.25) is 0 Å². The molecule has 0 aromatic heterocycles. The highest BCUT2D eigenvalue weighted by Crippen LogP contribution is 2.37. The van der Waals surface area contributed by atoms with Crippen LogP contribution < -0.4 is 0 Å². The number of aryl methyl sites for hydroxylation is 1. The molecule has 3 nitrogen and oxygen atoms in total. The smallest absolute Gasteiger partial charge is 0.314 e. The zero-order chi connectivity index (χ0) is 18.1. The van der Waals surface area contributed by atoms with Crippen molar-refractivity contribution in [2.24, 2.45) is 0 Å². The van der Waals surface area contributed by atoms with E-state index in [0.717, 1.165) is 12.8 Å². The van der Waals surface area contributed by atoms with Crippen LogP contribution in [0.3, 0.4) is 0 Å². The van der Waals surface area contributed by atoms with E-state index in [1.54, 1.807) is 0 Å². The fourth-order valence-electron chi connectivity index (χ4n) is 3.75. The van der Waals surface area contributed by atoms with Crippen LogP contribution in [0.1, 0.15) is 53.5 Å². The van der Waals surface area contributed by atoms with Crippen molar-refractivity contribution in [3.8, 4) is 0 Å². The minimum atomic E-state index is -0.221. The third-order valence-electron chi connectivity index (χ3n) is 4.69. The molecule has 0 unspecified atom stereocenters. The highest BCUT2D eigenvalue weighted by atomic mass is 16.2. The molecule has 0 N–H and O–H groups in total. The van der Waals surface area contributed by atoms with Gasteiger partial charge in [-0.05, 0) is 59.9 Å². The Hall–Kier alpha value is -1.77. The highest BCUT2D eigenvalue weighted by Gasteiger charge is 2.51. The molecule has 132 valence electrons. The first-order chi connectivity index (χ1) is 11.1. The molecule has 24 heavy (non-hydrogen) atoms. The van der Waals surface area contributed by atoms with Gasteiger partial charge in [-0.25, -0.2) is 4.79 Å². The van der Waals surface area contributed by atoms with Gasteiger partial charge in [0, 0.05) is 11.1 Å². The number of rotatable bonds is 4. The molecule has 0 bridgehead atoms. The molecular weight excluding hydrogens is 296 g/mol. The normalized spacial score (nSPS) is 22.2. The molecule has 1 aliphatic heterocycles. The van der Waals surface area contributed by atoms with Gasteiger partial charge in [0.15, 0.2) is 0 Å². The molecule has 2 rings (SSSR count). The minimum Gasteiger partial charge on any atom is -0.314 e. The molecule has 1 aliphatic rings. The second-order valence-corrected chi connectivity index (χ2v) is 8.68. The van der Waals surface area contributed by atoms with Crippen LogP contribution in [0.15, 0.2) is 43.0 Å². The maximum atomic E-state index is 13.2. The summed E-state index contributed by atoms with van der Waals surface area (Å²) >= 11 is 0. The minimum absolute atomic E-state index is 0.0421. The van der Waals surface area contributed by atoms with Crippen molar-refractivity contribution < 1.29 is 4.79 Å². The van der Waals surface area contributed by atoms with Gasteiger partial charge >= 0.3 is 6.03 Å². The van der Waals surface area contributed by atoms with E-state index in [2.05, 4.69) is 77.3 Å². The zero-order valence-corrected chi connectivity index (χ0v) is 16.0. The number of amides is 2. The second-order valence-electron chi connectivity index (χ2n) is 8.68. The molecule has 0 radical (unpaired) electrons. The highest BCUT2D eigenvalue weighted by molar-refractivity contribution is 5.80. The monoisotopic (exact) mass is 328 g/mol. The van der Waals surface area contributed by atoms with E-state index in [1.807, 2.05) is 17.0 Å². The van der Waals surface area contributed by atoms with E-state index in [9.17, 15) is 4.79 Å². The Kier molecular flexibility index (Phi) is 5.12. The van der Waals surface area contributed by atoms with Crippen LogP contribution >= 0.6 is 0 Å². The SMILES string of the molecule is C=C[C@@H]1[C@@H](CCc2ccccc2)N(C(C)(C)C)C(=O)N1C(C)(C)C. The number of hydrogen-bond acceptors (Lipinski definition) is 1. The quantitative estimate of drug-likeness (QED) is 0.723. The van der Waals surface area contributed by atoms with Crippen LogP contribution in [0.2, 0.25) is 0 Å². The molecule has 2 atom stereocenters. The lowest BCUT2D eigenvalue weighted by molar-refractivity contribution is 0.121. The fourth-order valence-corrected chi connectivity index (χ4v) is 3.75. The number of carbonyl (C=O) groups excluding carboxylic acids is 1. The predicted octanol–water partition coefficient (Wildman–Crippen LogP) is 4.88. The summed E-state index contributed by atoms with van der Waals surface area (Å²) in [6.45, 7) is 16.7. The van der Waals surface area contributed by atoms with Crippen molar-refractivity contribution in [2.45, 2.75) is 77.5 Å². The van der Waals surface area contributed by atoms with E-state index in [1.165, 1.54) is 5.56 Å². The van der Waals surface area contributed by atoms with Crippen LogP contribution in [0.25, 0.3) is 0 Å². The van der Waals surface area contributed by atoms with E-state index >= 15 is 0 Å². The van der Waals surface area contributed by atoms with Gasteiger partial charge in [0.1, 0.15) is 0 Å². The van der Waals surface area contributed by atoms with E-state index in [-0.39, 0.29) is 29.2 Å². The van der Waals surface area contributed by atoms with Gasteiger partial charge in [-0.1, -0.05) is 36.4 Å². The van der Waals surface area contributed by atoms with E-state index in [4.69, 9.17) is 0 Å². The molecular formula is C21H32N2O. The lowest BCUT2D eigenvalue weighted by Crippen LogP contribution is -2.50. The van der Waals surface area contributed by atoms with Gasteiger partial charge in [-0.15, -0.1) is 6.58 Å². The van der Waals surface area contributed by atoms with E-state index < -0.39 is 0 Å². The van der Waals surface area contributed by atoms with Crippen molar-refractivity contribution in [1.29, 1.82) is 0 Å². The molecule has 1 aromatic rings. The summed E-state index contributed by atoms with van der Waals surface area (Å²) in [5.41, 5.74) is 0.886. The Bertz CT molecular complexity index is 580. The van der Waals surface area contributed by atoms with Crippen LogP contribution in [-0.2, 0) is 6.42 Å². The molecule has 0 aliphatic carbocycles. The Morgan fingerprint density at radius 3 is 2.00 bits per heavy atom. The third kappa shape index (κ3) is 3.66. The Morgan fingerprint density at radius 1 is 1.00 bits per heavy atom. The van der Waals surface area contributed by atoms with Crippen molar-refractivity contribution in [3.63, 3.8) is 0 Å². The summed E-state index contributed by atoms with van der Waals surface area (Å²) in [7, 11) is 0. The average Bonchev–Trinajstić information content (AvgIpc) is 2.77. The number of carbonyl (C=O) groups is 1. The first-order valence-corrected chi connectivity index (χ1v) is 8.86. The van der Waals surface area contributed by atoms with Crippen LogP contribution in [0, 0.1) is 0 Å². The summed E-state index contributed by atoms with van der Waals surface area (Å²) in [5, 5.41) is 0. The molecule has 3 heteroatoms. The maximum Gasteiger partial charge on any atom is 0.321 e. The fraction of sp³-hybridized carbons (Fsp3) is 0.571. The van der Waals surface area contributed by atoms with Gasteiger partial charge in [0.25, 0.3) is 0 Å². The molecule has 1 aromatic carbocycles. The topological polar surface area (TPSA) is 23.6 Å². The molecule has 0 spiro atoms. The molecule has 1 saturated heterocycles. The molecule has 1 heterocycles.